The van der Waals surface area contributed by atoms with Crippen molar-refractivity contribution in [1.29, 1.82) is 0 Å². The van der Waals surface area contributed by atoms with Gasteiger partial charge in [-0.2, -0.15) is 0 Å². The first-order valence-electron chi connectivity index (χ1n) is 9.44. The van der Waals surface area contributed by atoms with Gasteiger partial charge in [-0.1, -0.05) is 64.8 Å². The Bertz CT molecular complexity index is 1240. The average Bonchev–Trinajstić information content (AvgIpc) is 3.41. The smallest absolute Gasteiger partial charge is 0.255 e. The van der Waals surface area contributed by atoms with Crippen molar-refractivity contribution in [2.45, 2.75) is 5.37 Å². The van der Waals surface area contributed by atoms with E-state index in [1.807, 2.05) is 53.4 Å². The lowest BCUT2D eigenvalue weighted by Gasteiger charge is -2.25. The maximum Gasteiger partial charge on any atom is 0.255 e. The fourth-order valence-electron chi connectivity index (χ4n) is 3.68. The predicted molar refractivity (Wildman–Crippen MR) is 122 cm³/mol. The van der Waals surface area contributed by atoms with Crippen molar-refractivity contribution >= 4 is 51.8 Å². The molecule has 1 fully saturated rings. The van der Waals surface area contributed by atoms with Crippen LogP contribution in [-0.2, 0) is 0 Å². The van der Waals surface area contributed by atoms with Crippen LogP contribution >= 0.6 is 35.0 Å². The monoisotopic (exact) mass is 454 g/mol. The highest BCUT2D eigenvalue weighted by Crippen LogP contribution is 2.42. The largest absolute Gasteiger partial charge is 0.355 e. The third-order valence-corrected chi connectivity index (χ3v) is 6.94. The molecule has 0 aliphatic carbocycles. The van der Waals surface area contributed by atoms with E-state index in [1.54, 1.807) is 30.0 Å². The highest BCUT2D eigenvalue weighted by molar-refractivity contribution is 7.99. The van der Waals surface area contributed by atoms with Crippen molar-refractivity contribution in [3.63, 3.8) is 0 Å². The molecule has 5 rings (SSSR count). The van der Waals surface area contributed by atoms with Gasteiger partial charge in [-0.05, 0) is 30.3 Å². The first-order chi connectivity index (χ1) is 14.6. The van der Waals surface area contributed by atoms with Crippen molar-refractivity contribution in [2.75, 3.05) is 12.3 Å². The van der Waals surface area contributed by atoms with Gasteiger partial charge in [0.15, 0.2) is 5.76 Å². The molecule has 4 aromatic rings. The molecule has 0 N–H and O–H groups in total. The molecule has 0 bridgehead atoms. The van der Waals surface area contributed by atoms with Crippen LogP contribution in [0.2, 0.25) is 10.0 Å². The van der Waals surface area contributed by atoms with Crippen molar-refractivity contribution in [3.05, 3.63) is 87.9 Å². The van der Waals surface area contributed by atoms with E-state index in [4.69, 9.17) is 27.7 Å². The van der Waals surface area contributed by atoms with Crippen molar-refractivity contribution in [1.82, 2.24) is 10.1 Å². The fourth-order valence-corrected chi connectivity index (χ4v) is 5.54. The minimum atomic E-state index is -0.144. The zero-order chi connectivity index (χ0) is 20.7. The van der Waals surface area contributed by atoms with Crippen LogP contribution in [-0.4, -0.2) is 28.3 Å². The molecule has 2 heterocycles. The van der Waals surface area contributed by atoms with Gasteiger partial charge in [0.25, 0.3) is 5.91 Å². The van der Waals surface area contributed by atoms with Crippen LogP contribution in [0.15, 0.2) is 71.3 Å². The van der Waals surface area contributed by atoms with E-state index in [0.29, 0.717) is 27.9 Å². The lowest BCUT2D eigenvalue weighted by atomic mass is 10.1. The summed E-state index contributed by atoms with van der Waals surface area (Å²) in [5, 5.41) is 5.97. The predicted octanol–water partition coefficient (Wildman–Crippen LogP) is 6.69. The molecule has 1 aliphatic rings. The summed E-state index contributed by atoms with van der Waals surface area (Å²) in [6.07, 6.45) is 0. The van der Waals surface area contributed by atoms with Crippen molar-refractivity contribution in [2.24, 2.45) is 0 Å². The molecule has 1 aromatic heterocycles. The Labute approximate surface area is 187 Å². The molecule has 0 radical (unpaired) electrons. The molecule has 1 amide bonds. The third kappa shape index (κ3) is 3.47. The minimum Gasteiger partial charge on any atom is -0.355 e. The number of amides is 1. The first kappa shape index (κ1) is 19.5. The van der Waals surface area contributed by atoms with Crippen LogP contribution in [0.3, 0.4) is 0 Å². The molecular formula is C23H16Cl2N2O2S. The van der Waals surface area contributed by atoms with Crippen LogP contribution in [0.4, 0.5) is 0 Å². The number of halogens is 2. The number of carbonyl (C=O) groups is 1. The second kappa shape index (κ2) is 7.99. The molecule has 0 spiro atoms. The Morgan fingerprint density at radius 2 is 1.90 bits per heavy atom. The van der Waals surface area contributed by atoms with Gasteiger partial charge < -0.3 is 9.42 Å². The number of benzene rings is 3. The zero-order valence-electron chi connectivity index (χ0n) is 15.7. The van der Waals surface area contributed by atoms with E-state index >= 15 is 0 Å². The fraction of sp³-hybridized carbons (Fsp3) is 0.130. The van der Waals surface area contributed by atoms with Gasteiger partial charge in [-0.25, -0.2) is 0 Å². The Kier molecular flexibility index (Phi) is 5.19. The minimum absolute atomic E-state index is 0.0434. The number of nitrogens with zero attached hydrogens (tertiary/aromatic N) is 2. The number of hydrogen-bond donors (Lipinski definition) is 0. The molecule has 1 aliphatic heterocycles. The van der Waals surface area contributed by atoms with E-state index in [0.717, 1.165) is 27.8 Å². The quantitative estimate of drug-likeness (QED) is 0.345. The SMILES string of the molecule is O=C(c1ccc2noc(-c3ccccc3)c2c1)N1CCSC1c1ccc(Cl)cc1Cl. The summed E-state index contributed by atoms with van der Waals surface area (Å²) in [5.74, 6) is 1.46. The summed E-state index contributed by atoms with van der Waals surface area (Å²) in [6, 6.07) is 20.7. The summed E-state index contributed by atoms with van der Waals surface area (Å²) in [5.41, 5.74) is 3.14. The van der Waals surface area contributed by atoms with E-state index in [2.05, 4.69) is 5.16 Å². The summed E-state index contributed by atoms with van der Waals surface area (Å²) < 4.78 is 5.57. The topological polar surface area (TPSA) is 46.3 Å². The van der Waals surface area contributed by atoms with Gasteiger partial charge >= 0.3 is 0 Å². The summed E-state index contributed by atoms with van der Waals surface area (Å²) in [6.45, 7) is 0.653. The van der Waals surface area contributed by atoms with Crippen LogP contribution in [0.1, 0.15) is 21.3 Å². The maximum absolute atomic E-state index is 13.4. The van der Waals surface area contributed by atoms with E-state index in [9.17, 15) is 4.79 Å². The second-order valence-electron chi connectivity index (χ2n) is 7.00. The van der Waals surface area contributed by atoms with Crippen LogP contribution < -0.4 is 0 Å². The van der Waals surface area contributed by atoms with Gasteiger partial charge in [0, 0.05) is 39.0 Å². The Morgan fingerprint density at radius 1 is 1.07 bits per heavy atom. The number of thioether (sulfide) groups is 1. The van der Waals surface area contributed by atoms with Crippen molar-refractivity contribution in [3.8, 4) is 11.3 Å². The molecular weight excluding hydrogens is 439 g/mol. The van der Waals surface area contributed by atoms with Gasteiger partial charge in [0.05, 0.1) is 5.39 Å². The lowest BCUT2D eigenvalue weighted by Crippen LogP contribution is -2.30. The Morgan fingerprint density at radius 3 is 2.70 bits per heavy atom. The summed E-state index contributed by atoms with van der Waals surface area (Å²) in [4.78, 5) is 15.3. The molecule has 1 atom stereocenters. The van der Waals surface area contributed by atoms with E-state index < -0.39 is 0 Å². The van der Waals surface area contributed by atoms with E-state index in [-0.39, 0.29) is 11.3 Å². The number of hydrogen-bond acceptors (Lipinski definition) is 4. The summed E-state index contributed by atoms with van der Waals surface area (Å²) in [7, 11) is 0. The summed E-state index contributed by atoms with van der Waals surface area (Å²) >= 11 is 14.2. The van der Waals surface area contributed by atoms with Gasteiger partial charge in [-0.3, -0.25) is 4.79 Å². The molecule has 3 aromatic carbocycles. The maximum atomic E-state index is 13.4. The average molecular weight is 455 g/mol. The number of fused-ring (bicyclic) bond motifs is 1. The Hall–Kier alpha value is -2.47. The zero-order valence-corrected chi connectivity index (χ0v) is 18.0. The molecule has 0 saturated carbocycles. The molecule has 30 heavy (non-hydrogen) atoms. The highest BCUT2D eigenvalue weighted by Gasteiger charge is 2.33. The second-order valence-corrected chi connectivity index (χ2v) is 9.03. The van der Waals surface area contributed by atoms with Crippen LogP contribution in [0.25, 0.3) is 22.2 Å². The van der Waals surface area contributed by atoms with Crippen molar-refractivity contribution < 1.29 is 9.32 Å². The van der Waals surface area contributed by atoms with Gasteiger partial charge in [0.1, 0.15) is 10.9 Å². The van der Waals surface area contributed by atoms with Gasteiger partial charge in [0.2, 0.25) is 0 Å². The standard InChI is InChI=1S/C23H16Cl2N2O2S/c24-16-7-8-17(19(25)13-16)23-27(10-11-30-23)22(28)15-6-9-20-18(12-15)21(29-26-20)14-4-2-1-3-5-14/h1-9,12-13,23H,10-11H2. The van der Waals surface area contributed by atoms with E-state index in [1.165, 1.54) is 0 Å². The number of rotatable bonds is 3. The van der Waals surface area contributed by atoms with Crippen LogP contribution in [0.5, 0.6) is 0 Å². The van der Waals surface area contributed by atoms with Gasteiger partial charge in [-0.15, -0.1) is 11.8 Å². The molecule has 1 saturated heterocycles. The third-order valence-electron chi connectivity index (χ3n) is 5.14. The Balaban J connectivity index is 1.51. The lowest BCUT2D eigenvalue weighted by molar-refractivity contribution is 0.0760. The highest BCUT2D eigenvalue weighted by atomic mass is 35.5. The molecule has 4 nitrogen and oxygen atoms in total. The van der Waals surface area contributed by atoms with Crippen LogP contribution in [0, 0.1) is 0 Å². The molecule has 7 heteroatoms. The molecule has 1 unspecified atom stereocenters. The number of carbonyl (C=O) groups excluding carboxylic acids is 1. The number of aromatic nitrogens is 1. The molecule has 150 valence electrons. The normalized spacial score (nSPS) is 16.3. The first-order valence-corrected chi connectivity index (χ1v) is 11.2.